The summed E-state index contributed by atoms with van der Waals surface area (Å²) in [4.78, 5) is 13.4. The van der Waals surface area contributed by atoms with E-state index in [-0.39, 0.29) is 24.8 Å². The molecule has 1 fully saturated rings. The van der Waals surface area contributed by atoms with Crippen molar-refractivity contribution in [2.24, 2.45) is 0 Å². The fraction of sp³-hybridized carbons (Fsp3) is 0.273. The van der Waals surface area contributed by atoms with Crippen LogP contribution in [0.15, 0.2) is 60.9 Å². The molecule has 0 atom stereocenters. The maximum Gasteiger partial charge on any atom is 0.225 e. The molecule has 1 aliphatic rings. The van der Waals surface area contributed by atoms with Gasteiger partial charge in [-0.05, 0) is 36.2 Å². The van der Waals surface area contributed by atoms with Gasteiger partial charge in [0.2, 0.25) is 5.95 Å². The van der Waals surface area contributed by atoms with Crippen LogP contribution in [0.3, 0.4) is 0 Å². The summed E-state index contributed by atoms with van der Waals surface area (Å²) in [6, 6.07) is 16.6. The van der Waals surface area contributed by atoms with Crippen molar-refractivity contribution in [2.75, 3.05) is 43.1 Å². The number of benzene rings is 2. The molecule has 5 nitrogen and oxygen atoms in total. The number of hydrogen-bond donors (Lipinski definition) is 0. The number of ether oxygens (including phenoxy) is 1. The standard InChI is InChI=1S/C22H24N4O.2ClH/c1-17-19(9-10-20(27-2)21(17)18-7-4-3-5-8-18)25-13-15-26(16-14-25)22-23-11-6-12-24-22;;/h3-12H,13-16H2,1-2H3;2*1H. The molecule has 0 spiro atoms. The molecule has 0 N–H and O–H groups in total. The van der Waals surface area contributed by atoms with Crippen molar-refractivity contribution >= 4 is 36.4 Å². The van der Waals surface area contributed by atoms with Gasteiger partial charge in [0.05, 0.1) is 7.11 Å². The zero-order valence-electron chi connectivity index (χ0n) is 16.6. The number of rotatable bonds is 4. The second-order valence-corrected chi connectivity index (χ2v) is 6.68. The third-order valence-electron chi connectivity index (χ3n) is 5.14. The monoisotopic (exact) mass is 432 g/mol. The molecule has 1 aliphatic heterocycles. The Morgan fingerprint density at radius 1 is 0.793 bits per heavy atom. The third-order valence-corrected chi connectivity index (χ3v) is 5.14. The van der Waals surface area contributed by atoms with Crippen LogP contribution in [-0.2, 0) is 0 Å². The molecule has 0 amide bonds. The Balaban J connectivity index is 0.00000150. The summed E-state index contributed by atoms with van der Waals surface area (Å²) in [5.74, 6) is 1.73. The first-order valence-electron chi connectivity index (χ1n) is 9.28. The third kappa shape index (κ3) is 4.74. The van der Waals surface area contributed by atoms with Gasteiger partial charge in [-0.15, -0.1) is 24.8 Å². The number of halogens is 2. The number of anilines is 2. The smallest absolute Gasteiger partial charge is 0.225 e. The molecule has 0 unspecified atom stereocenters. The Morgan fingerprint density at radius 2 is 1.41 bits per heavy atom. The van der Waals surface area contributed by atoms with Crippen LogP contribution in [0.4, 0.5) is 11.6 Å². The van der Waals surface area contributed by atoms with Crippen molar-refractivity contribution in [1.82, 2.24) is 9.97 Å². The number of nitrogens with zero attached hydrogens (tertiary/aromatic N) is 4. The van der Waals surface area contributed by atoms with E-state index in [0.717, 1.165) is 37.9 Å². The number of aromatic nitrogens is 2. The highest BCUT2D eigenvalue weighted by molar-refractivity contribution is 5.85. The molecule has 2 aromatic carbocycles. The van der Waals surface area contributed by atoms with Gasteiger partial charge < -0.3 is 14.5 Å². The van der Waals surface area contributed by atoms with E-state index in [4.69, 9.17) is 4.74 Å². The van der Waals surface area contributed by atoms with E-state index in [1.165, 1.54) is 22.4 Å². The molecule has 7 heteroatoms. The van der Waals surface area contributed by atoms with Crippen molar-refractivity contribution < 1.29 is 4.74 Å². The van der Waals surface area contributed by atoms with Crippen LogP contribution >= 0.6 is 24.8 Å². The summed E-state index contributed by atoms with van der Waals surface area (Å²) in [5.41, 5.74) is 4.88. The summed E-state index contributed by atoms with van der Waals surface area (Å²) >= 11 is 0. The average Bonchev–Trinajstić information content (AvgIpc) is 2.75. The fourth-order valence-corrected chi connectivity index (χ4v) is 3.75. The predicted octanol–water partition coefficient (Wildman–Crippen LogP) is 4.63. The molecule has 4 rings (SSSR count). The van der Waals surface area contributed by atoms with Crippen LogP contribution in [0.25, 0.3) is 11.1 Å². The summed E-state index contributed by atoms with van der Waals surface area (Å²) in [7, 11) is 1.74. The topological polar surface area (TPSA) is 41.5 Å². The molecular weight excluding hydrogens is 407 g/mol. The second-order valence-electron chi connectivity index (χ2n) is 6.68. The van der Waals surface area contributed by atoms with Crippen molar-refractivity contribution in [2.45, 2.75) is 6.92 Å². The average molecular weight is 433 g/mol. The van der Waals surface area contributed by atoms with E-state index < -0.39 is 0 Å². The lowest BCUT2D eigenvalue weighted by Crippen LogP contribution is -2.47. The molecule has 29 heavy (non-hydrogen) atoms. The van der Waals surface area contributed by atoms with Gasteiger partial charge >= 0.3 is 0 Å². The van der Waals surface area contributed by atoms with Gasteiger partial charge in [0.25, 0.3) is 0 Å². The molecule has 2 heterocycles. The van der Waals surface area contributed by atoms with Crippen LogP contribution in [0.2, 0.25) is 0 Å². The molecule has 0 saturated carbocycles. The Morgan fingerprint density at radius 3 is 2.03 bits per heavy atom. The summed E-state index contributed by atoms with van der Waals surface area (Å²) in [5, 5.41) is 0. The summed E-state index contributed by atoms with van der Waals surface area (Å²) in [6.45, 7) is 5.90. The first kappa shape index (κ1) is 22.8. The van der Waals surface area contributed by atoms with E-state index in [9.17, 15) is 0 Å². The maximum absolute atomic E-state index is 5.65. The lowest BCUT2D eigenvalue weighted by molar-refractivity contribution is 0.416. The zero-order chi connectivity index (χ0) is 18.6. The first-order valence-corrected chi connectivity index (χ1v) is 9.28. The highest BCUT2D eigenvalue weighted by atomic mass is 35.5. The van der Waals surface area contributed by atoms with Gasteiger partial charge in [-0.2, -0.15) is 0 Å². The van der Waals surface area contributed by atoms with E-state index in [0.29, 0.717) is 0 Å². The van der Waals surface area contributed by atoms with Gasteiger partial charge in [0.15, 0.2) is 0 Å². The largest absolute Gasteiger partial charge is 0.496 e. The summed E-state index contributed by atoms with van der Waals surface area (Å²) < 4.78 is 5.65. The van der Waals surface area contributed by atoms with Crippen molar-refractivity contribution in [1.29, 1.82) is 0 Å². The minimum atomic E-state index is 0. The minimum Gasteiger partial charge on any atom is -0.496 e. The molecule has 154 valence electrons. The summed E-state index contributed by atoms with van der Waals surface area (Å²) in [6.07, 6.45) is 3.60. The highest BCUT2D eigenvalue weighted by Crippen LogP contribution is 2.38. The predicted molar refractivity (Wildman–Crippen MR) is 124 cm³/mol. The lowest BCUT2D eigenvalue weighted by Gasteiger charge is -2.37. The van der Waals surface area contributed by atoms with Gasteiger partial charge in [0, 0.05) is 49.8 Å². The van der Waals surface area contributed by atoms with E-state index in [1.54, 1.807) is 19.5 Å². The normalized spacial score (nSPS) is 13.3. The molecule has 1 saturated heterocycles. The molecular formula is C22H26Cl2N4O. The van der Waals surface area contributed by atoms with Crippen LogP contribution in [0.5, 0.6) is 5.75 Å². The van der Waals surface area contributed by atoms with Gasteiger partial charge in [-0.3, -0.25) is 0 Å². The SMILES string of the molecule is COc1ccc(N2CCN(c3ncccn3)CC2)c(C)c1-c1ccccc1.Cl.Cl. The number of piperazine rings is 1. The van der Waals surface area contributed by atoms with Gasteiger partial charge in [-0.1, -0.05) is 30.3 Å². The highest BCUT2D eigenvalue weighted by Gasteiger charge is 2.22. The first-order chi connectivity index (χ1) is 13.3. The van der Waals surface area contributed by atoms with Gasteiger partial charge in [-0.25, -0.2) is 9.97 Å². The van der Waals surface area contributed by atoms with E-state index in [1.807, 2.05) is 12.1 Å². The second kappa shape index (κ2) is 10.3. The number of methoxy groups -OCH3 is 1. The van der Waals surface area contributed by atoms with E-state index in [2.05, 4.69) is 63.1 Å². The van der Waals surface area contributed by atoms with Crippen LogP contribution < -0.4 is 14.5 Å². The van der Waals surface area contributed by atoms with Crippen molar-refractivity contribution in [3.63, 3.8) is 0 Å². The molecule has 0 aliphatic carbocycles. The van der Waals surface area contributed by atoms with E-state index >= 15 is 0 Å². The quantitative estimate of drug-likeness (QED) is 0.600. The molecule has 0 bridgehead atoms. The van der Waals surface area contributed by atoms with Gasteiger partial charge in [0.1, 0.15) is 5.75 Å². The van der Waals surface area contributed by atoms with Crippen LogP contribution in [-0.4, -0.2) is 43.3 Å². The van der Waals surface area contributed by atoms with Crippen LogP contribution in [0.1, 0.15) is 5.56 Å². The zero-order valence-corrected chi connectivity index (χ0v) is 18.2. The fourth-order valence-electron chi connectivity index (χ4n) is 3.75. The van der Waals surface area contributed by atoms with Crippen molar-refractivity contribution in [3.05, 3.63) is 66.5 Å². The van der Waals surface area contributed by atoms with Crippen molar-refractivity contribution in [3.8, 4) is 16.9 Å². The Labute approximate surface area is 184 Å². The van der Waals surface area contributed by atoms with Crippen LogP contribution in [0, 0.1) is 6.92 Å². The number of hydrogen-bond acceptors (Lipinski definition) is 5. The molecule has 1 aromatic heterocycles. The lowest BCUT2D eigenvalue weighted by atomic mass is 9.97. The Hall–Kier alpha value is -2.50. The Kier molecular flexibility index (Phi) is 8.11. The molecule has 0 radical (unpaired) electrons. The molecule has 3 aromatic rings. The Bertz CT molecular complexity index is 901. The maximum atomic E-state index is 5.65. The minimum absolute atomic E-state index is 0.